The van der Waals surface area contributed by atoms with Crippen LogP contribution in [0, 0.1) is 0 Å². The summed E-state index contributed by atoms with van der Waals surface area (Å²) in [5.41, 5.74) is 1.60. The van der Waals surface area contributed by atoms with Crippen molar-refractivity contribution in [1.29, 1.82) is 0 Å². The first-order valence-corrected chi connectivity index (χ1v) is 7.94. The number of hydrogen-bond acceptors (Lipinski definition) is 3. The topological polar surface area (TPSA) is 69.0 Å². The fourth-order valence-electron chi connectivity index (χ4n) is 3.01. The molecule has 0 saturated carbocycles. The summed E-state index contributed by atoms with van der Waals surface area (Å²) in [6.07, 6.45) is 4.87. The van der Waals surface area contributed by atoms with Crippen LogP contribution >= 0.6 is 0 Å². The second kappa shape index (κ2) is 6.67. The molecule has 0 unspecified atom stereocenters. The third kappa shape index (κ3) is 4.45. The summed E-state index contributed by atoms with van der Waals surface area (Å²) in [6.45, 7) is 10.7. The van der Waals surface area contributed by atoms with Crippen molar-refractivity contribution in [3.63, 3.8) is 0 Å². The van der Waals surface area contributed by atoms with Gasteiger partial charge in [-0.3, -0.25) is 10.1 Å². The molecule has 0 radical (unpaired) electrons. The fourth-order valence-corrected chi connectivity index (χ4v) is 3.01. The molecule has 0 fully saturated rings. The first-order chi connectivity index (χ1) is 10.3. The number of carbonyl (C=O) groups excluding carboxylic acids is 1. The van der Waals surface area contributed by atoms with Gasteiger partial charge in [0.05, 0.1) is 0 Å². The van der Waals surface area contributed by atoms with Gasteiger partial charge in [0, 0.05) is 41.6 Å². The highest BCUT2D eigenvalue weighted by Crippen LogP contribution is 2.29. The Hall–Kier alpha value is -1.59. The van der Waals surface area contributed by atoms with Crippen molar-refractivity contribution >= 4 is 5.91 Å². The molecule has 1 aromatic heterocycles. The summed E-state index contributed by atoms with van der Waals surface area (Å²) in [5, 5.41) is 9.83. The minimum absolute atomic E-state index is 0.0347. The summed E-state index contributed by atoms with van der Waals surface area (Å²) in [5.74, 6) is 0.0347. The van der Waals surface area contributed by atoms with Crippen molar-refractivity contribution in [2.24, 2.45) is 0 Å². The van der Waals surface area contributed by atoms with E-state index in [1.165, 1.54) is 5.69 Å². The fraction of sp³-hybridized carbons (Fsp3) is 0.588. The Balaban J connectivity index is 1.68. The molecule has 0 spiro atoms. The average Bonchev–Trinajstić information content (AvgIpc) is 2.98. The van der Waals surface area contributed by atoms with E-state index in [0.717, 1.165) is 25.1 Å². The van der Waals surface area contributed by atoms with Gasteiger partial charge in [0.25, 0.3) is 0 Å². The molecule has 5 nitrogen and oxygen atoms in total. The van der Waals surface area contributed by atoms with Gasteiger partial charge >= 0.3 is 0 Å². The number of carbonyl (C=O) groups is 1. The van der Waals surface area contributed by atoms with Gasteiger partial charge in [0.2, 0.25) is 5.91 Å². The van der Waals surface area contributed by atoms with Crippen molar-refractivity contribution in [1.82, 2.24) is 20.9 Å². The Morgan fingerprint density at radius 2 is 2.00 bits per heavy atom. The third-order valence-electron chi connectivity index (χ3n) is 3.85. The first kappa shape index (κ1) is 16.8. The summed E-state index contributed by atoms with van der Waals surface area (Å²) in [4.78, 5) is 15.5. The molecule has 22 heavy (non-hydrogen) atoms. The van der Waals surface area contributed by atoms with Crippen LogP contribution in [0.25, 0.3) is 0 Å². The largest absolute Gasteiger partial charge is 0.364 e. The molecule has 2 rings (SSSR count). The maximum atomic E-state index is 12.3. The van der Waals surface area contributed by atoms with Crippen LogP contribution in [0.4, 0.5) is 0 Å². The Bertz CT molecular complexity index is 529. The minimum Gasteiger partial charge on any atom is -0.364 e. The van der Waals surface area contributed by atoms with E-state index in [0.29, 0.717) is 6.54 Å². The van der Waals surface area contributed by atoms with Gasteiger partial charge in [-0.15, -0.1) is 0 Å². The zero-order chi connectivity index (χ0) is 16.2. The summed E-state index contributed by atoms with van der Waals surface area (Å²) in [6, 6.07) is 4.04. The first-order valence-electron chi connectivity index (χ1n) is 7.94. The van der Waals surface area contributed by atoms with Crippen molar-refractivity contribution in [2.75, 3.05) is 13.1 Å². The van der Waals surface area contributed by atoms with Gasteiger partial charge in [0.1, 0.15) is 0 Å². The zero-order valence-electron chi connectivity index (χ0n) is 14.0. The molecule has 0 atom stereocenters. The average molecular weight is 304 g/mol. The summed E-state index contributed by atoms with van der Waals surface area (Å²) < 4.78 is 0. The lowest BCUT2D eigenvalue weighted by Crippen LogP contribution is -2.47. The Kier molecular flexibility index (Phi) is 5.08. The van der Waals surface area contributed by atoms with Crippen LogP contribution < -0.4 is 16.0 Å². The van der Waals surface area contributed by atoms with Crippen LogP contribution in [0.15, 0.2) is 30.0 Å². The molecule has 1 aromatic rings. The highest BCUT2D eigenvalue weighted by molar-refractivity contribution is 5.96. The number of H-pyrrole nitrogens is 1. The Labute approximate surface area is 133 Å². The lowest BCUT2D eigenvalue weighted by atomic mass is 9.96. The molecule has 1 aliphatic rings. The van der Waals surface area contributed by atoms with Gasteiger partial charge in [0.15, 0.2) is 0 Å². The molecule has 5 heteroatoms. The maximum absolute atomic E-state index is 12.3. The lowest BCUT2D eigenvalue weighted by Gasteiger charge is -2.27. The van der Waals surface area contributed by atoms with Crippen LogP contribution in [0.2, 0.25) is 0 Å². The number of nitrogens with one attached hydrogen (secondary N) is 4. The molecule has 122 valence electrons. The molecular formula is C17H28N4O. The lowest BCUT2D eigenvalue weighted by molar-refractivity contribution is -0.118. The van der Waals surface area contributed by atoms with Crippen LogP contribution in [0.5, 0.6) is 0 Å². The minimum atomic E-state index is -0.278. The smallest absolute Gasteiger partial charge is 0.248 e. The van der Waals surface area contributed by atoms with E-state index in [1.54, 1.807) is 0 Å². The molecule has 0 aliphatic carbocycles. The van der Waals surface area contributed by atoms with E-state index in [9.17, 15) is 4.79 Å². The van der Waals surface area contributed by atoms with Crippen molar-refractivity contribution in [2.45, 2.75) is 51.7 Å². The molecule has 1 aliphatic heterocycles. The number of aromatic nitrogens is 1. The van der Waals surface area contributed by atoms with E-state index >= 15 is 0 Å². The molecule has 2 heterocycles. The van der Waals surface area contributed by atoms with E-state index < -0.39 is 0 Å². The van der Waals surface area contributed by atoms with Crippen LogP contribution in [0.3, 0.4) is 0 Å². The predicted octanol–water partition coefficient (Wildman–Crippen LogP) is 1.70. The zero-order valence-corrected chi connectivity index (χ0v) is 14.0. The summed E-state index contributed by atoms with van der Waals surface area (Å²) in [7, 11) is 0. The van der Waals surface area contributed by atoms with E-state index in [1.807, 2.05) is 32.2 Å². The number of aromatic amines is 1. The van der Waals surface area contributed by atoms with E-state index in [4.69, 9.17) is 0 Å². The second-order valence-electron chi connectivity index (χ2n) is 7.01. The number of hydrogen-bond donors (Lipinski definition) is 4. The van der Waals surface area contributed by atoms with Gasteiger partial charge < -0.3 is 15.6 Å². The van der Waals surface area contributed by atoms with E-state index in [-0.39, 0.29) is 17.0 Å². The van der Waals surface area contributed by atoms with Gasteiger partial charge in [-0.2, -0.15) is 0 Å². The van der Waals surface area contributed by atoms with Crippen molar-refractivity contribution in [3.05, 3.63) is 35.7 Å². The van der Waals surface area contributed by atoms with Crippen LogP contribution in [0.1, 0.15) is 39.8 Å². The SMILES string of the molecule is CC1(C)C=C(C(=O)NCCCNCc2ccc[nH]2)C(C)(C)N1. The molecule has 0 bridgehead atoms. The molecular weight excluding hydrogens is 276 g/mol. The standard InChI is InChI=1S/C17H28N4O/c1-16(2)11-14(17(3,4)21-16)15(22)20-10-6-8-18-12-13-7-5-9-19-13/h5,7,9,11,18-19,21H,6,8,10,12H2,1-4H3,(H,20,22). The van der Waals surface area contributed by atoms with Gasteiger partial charge in [-0.1, -0.05) is 6.08 Å². The molecule has 4 N–H and O–H groups in total. The van der Waals surface area contributed by atoms with Gasteiger partial charge in [-0.05, 0) is 52.8 Å². The molecule has 1 amide bonds. The summed E-state index contributed by atoms with van der Waals surface area (Å²) >= 11 is 0. The second-order valence-corrected chi connectivity index (χ2v) is 7.01. The monoisotopic (exact) mass is 304 g/mol. The Morgan fingerprint density at radius 3 is 2.59 bits per heavy atom. The third-order valence-corrected chi connectivity index (χ3v) is 3.85. The quantitative estimate of drug-likeness (QED) is 0.580. The van der Waals surface area contributed by atoms with Gasteiger partial charge in [-0.25, -0.2) is 0 Å². The highest BCUT2D eigenvalue weighted by Gasteiger charge is 2.39. The normalized spacial score (nSPS) is 19.0. The van der Waals surface area contributed by atoms with E-state index in [2.05, 4.69) is 40.8 Å². The van der Waals surface area contributed by atoms with Crippen molar-refractivity contribution < 1.29 is 4.79 Å². The number of rotatable bonds is 7. The Morgan fingerprint density at radius 1 is 1.23 bits per heavy atom. The molecule has 0 saturated heterocycles. The van der Waals surface area contributed by atoms with Crippen LogP contribution in [-0.4, -0.2) is 35.1 Å². The van der Waals surface area contributed by atoms with Crippen LogP contribution in [-0.2, 0) is 11.3 Å². The maximum Gasteiger partial charge on any atom is 0.248 e. The molecule has 0 aromatic carbocycles. The highest BCUT2D eigenvalue weighted by atomic mass is 16.1. The predicted molar refractivity (Wildman–Crippen MR) is 89.5 cm³/mol. The number of amides is 1. The van der Waals surface area contributed by atoms with Crippen molar-refractivity contribution in [3.8, 4) is 0 Å².